The lowest BCUT2D eigenvalue weighted by molar-refractivity contribution is 0.0516. The number of hydrogen-bond acceptors (Lipinski definition) is 6. The molecule has 0 fully saturated rings. The quantitative estimate of drug-likeness (QED) is 0.186. The normalized spacial score (nSPS) is 10.3. The van der Waals surface area contributed by atoms with Crippen LogP contribution in [0.25, 0.3) is 11.3 Å². The highest BCUT2D eigenvalue weighted by Crippen LogP contribution is 2.32. The first-order valence-corrected chi connectivity index (χ1v) is 13.4. The Balaban J connectivity index is 0.000000285. The molecule has 208 valence electrons. The molecule has 3 aromatic carbocycles. The molecular formula is C29H22BrCl2F2NO5. The minimum Gasteiger partial charge on any atom is -0.462 e. The van der Waals surface area contributed by atoms with Crippen molar-refractivity contribution < 1.29 is 32.6 Å². The van der Waals surface area contributed by atoms with Gasteiger partial charge in [-0.05, 0) is 90.4 Å². The van der Waals surface area contributed by atoms with Crippen LogP contribution in [-0.2, 0) is 9.47 Å². The highest BCUT2D eigenvalue weighted by atomic mass is 79.9. The number of carbonyl (C=O) groups is 2. The van der Waals surface area contributed by atoms with Gasteiger partial charge in [-0.1, -0.05) is 29.3 Å². The van der Waals surface area contributed by atoms with E-state index in [0.717, 1.165) is 0 Å². The van der Waals surface area contributed by atoms with Crippen molar-refractivity contribution in [2.75, 3.05) is 13.2 Å². The van der Waals surface area contributed by atoms with Crippen LogP contribution in [0.3, 0.4) is 0 Å². The number of benzene rings is 3. The van der Waals surface area contributed by atoms with Gasteiger partial charge >= 0.3 is 11.9 Å². The number of rotatable bonds is 7. The predicted octanol–water partition coefficient (Wildman–Crippen LogP) is 8.93. The van der Waals surface area contributed by atoms with Gasteiger partial charge in [-0.2, -0.15) is 0 Å². The van der Waals surface area contributed by atoms with Crippen LogP contribution < -0.4 is 4.74 Å². The van der Waals surface area contributed by atoms with Crippen molar-refractivity contribution in [3.8, 4) is 22.9 Å². The fourth-order valence-corrected chi connectivity index (χ4v) is 4.02. The minimum absolute atomic E-state index is 0.160. The Morgan fingerprint density at radius 2 is 1.45 bits per heavy atom. The summed E-state index contributed by atoms with van der Waals surface area (Å²) < 4.78 is 42.7. The Bertz CT molecular complexity index is 1520. The van der Waals surface area contributed by atoms with E-state index in [2.05, 4.69) is 20.9 Å². The number of carbonyl (C=O) groups excluding carboxylic acids is 2. The Hall–Kier alpha value is -3.53. The molecule has 0 saturated heterocycles. The molecule has 0 saturated carbocycles. The zero-order valence-electron chi connectivity index (χ0n) is 21.2. The maximum atomic E-state index is 14.3. The molecule has 0 aliphatic carbocycles. The van der Waals surface area contributed by atoms with E-state index in [9.17, 15) is 18.4 Å². The number of esters is 2. The van der Waals surface area contributed by atoms with Gasteiger partial charge in [-0.3, -0.25) is 0 Å². The number of ether oxygens (including phenoxy) is 3. The number of hydrogen-bond donors (Lipinski definition) is 0. The Labute approximate surface area is 247 Å². The van der Waals surface area contributed by atoms with Crippen molar-refractivity contribution in [3.63, 3.8) is 0 Å². The smallest absolute Gasteiger partial charge is 0.338 e. The summed E-state index contributed by atoms with van der Waals surface area (Å²) in [7, 11) is 0. The van der Waals surface area contributed by atoms with E-state index in [1.54, 1.807) is 50.2 Å². The molecule has 0 amide bonds. The topological polar surface area (TPSA) is 74.7 Å². The van der Waals surface area contributed by atoms with Crippen molar-refractivity contribution in [3.05, 3.63) is 110 Å². The Kier molecular flexibility index (Phi) is 11.4. The first-order chi connectivity index (χ1) is 19.1. The fraction of sp³-hybridized carbons (Fsp3) is 0.138. The maximum absolute atomic E-state index is 14.3. The molecule has 4 rings (SSSR count). The molecule has 0 aliphatic heterocycles. The van der Waals surface area contributed by atoms with E-state index in [1.807, 2.05) is 0 Å². The molecule has 0 radical (unpaired) electrons. The molecule has 0 bridgehead atoms. The van der Waals surface area contributed by atoms with E-state index >= 15 is 0 Å². The van der Waals surface area contributed by atoms with Crippen molar-refractivity contribution >= 4 is 51.1 Å². The summed E-state index contributed by atoms with van der Waals surface area (Å²) in [5.41, 5.74) is 1.05. The minimum atomic E-state index is -0.529. The third-order valence-electron chi connectivity index (χ3n) is 5.02. The van der Waals surface area contributed by atoms with Crippen LogP contribution in [0.2, 0.25) is 10.0 Å². The first kappa shape index (κ1) is 31.0. The van der Waals surface area contributed by atoms with E-state index in [-0.39, 0.29) is 28.1 Å². The van der Waals surface area contributed by atoms with Crippen molar-refractivity contribution in [1.29, 1.82) is 0 Å². The summed E-state index contributed by atoms with van der Waals surface area (Å²) >= 11 is 15.0. The van der Waals surface area contributed by atoms with E-state index in [1.165, 1.54) is 36.4 Å². The fourth-order valence-electron chi connectivity index (χ4n) is 3.19. The predicted molar refractivity (Wildman–Crippen MR) is 152 cm³/mol. The second kappa shape index (κ2) is 14.7. The Morgan fingerprint density at radius 1 is 0.825 bits per heavy atom. The molecule has 40 heavy (non-hydrogen) atoms. The van der Waals surface area contributed by atoms with E-state index in [0.29, 0.717) is 33.7 Å². The second-order valence-electron chi connectivity index (χ2n) is 7.80. The summed E-state index contributed by atoms with van der Waals surface area (Å²) in [6.45, 7) is 3.96. The lowest BCUT2D eigenvalue weighted by Crippen LogP contribution is -2.05. The maximum Gasteiger partial charge on any atom is 0.338 e. The van der Waals surface area contributed by atoms with Crippen molar-refractivity contribution in [2.45, 2.75) is 13.8 Å². The largest absolute Gasteiger partial charge is 0.462 e. The third-order valence-corrected chi connectivity index (χ3v) is 6.15. The van der Waals surface area contributed by atoms with Gasteiger partial charge in [0.25, 0.3) is 0 Å². The van der Waals surface area contributed by atoms with Gasteiger partial charge in [-0.15, -0.1) is 0 Å². The lowest BCUT2D eigenvalue weighted by atomic mass is 10.1. The number of nitrogens with zero attached hydrogens (tertiary/aromatic N) is 1. The monoisotopic (exact) mass is 651 g/mol. The summed E-state index contributed by atoms with van der Waals surface area (Å²) in [6.07, 6.45) is 0. The van der Waals surface area contributed by atoms with Crippen molar-refractivity contribution in [2.24, 2.45) is 0 Å². The third kappa shape index (κ3) is 8.48. The van der Waals surface area contributed by atoms with Gasteiger partial charge in [-0.25, -0.2) is 23.4 Å². The van der Waals surface area contributed by atoms with Crippen LogP contribution in [0.5, 0.6) is 11.6 Å². The zero-order valence-corrected chi connectivity index (χ0v) is 24.3. The van der Waals surface area contributed by atoms with Crippen LogP contribution in [0.1, 0.15) is 34.6 Å². The number of pyridine rings is 1. The molecule has 11 heteroatoms. The Morgan fingerprint density at radius 3 is 2.05 bits per heavy atom. The summed E-state index contributed by atoms with van der Waals surface area (Å²) in [6, 6.07) is 17.7. The highest BCUT2D eigenvalue weighted by molar-refractivity contribution is 9.10. The van der Waals surface area contributed by atoms with Crippen molar-refractivity contribution in [1.82, 2.24) is 4.98 Å². The van der Waals surface area contributed by atoms with Crippen LogP contribution in [0.15, 0.2) is 77.3 Å². The number of aromatic nitrogens is 1. The highest BCUT2D eigenvalue weighted by Gasteiger charge is 2.14. The molecule has 0 atom stereocenters. The van der Waals surface area contributed by atoms with Crippen LogP contribution in [0.4, 0.5) is 8.78 Å². The molecule has 6 nitrogen and oxygen atoms in total. The van der Waals surface area contributed by atoms with Gasteiger partial charge in [0.2, 0.25) is 5.88 Å². The van der Waals surface area contributed by atoms with Gasteiger partial charge in [0.15, 0.2) is 0 Å². The van der Waals surface area contributed by atoms with Gasteiger partial charge in [0.05, 0.1) is 39.5 Å². The number of halogens is 5. The SMILES string of the molecule is CCOC(=O)c1ccc(F)c(-c2cccc(Oc3ccc(Cl)cc3Cl)n2)c1.CCOC(=O)c1ccc(F)c(Br)c1. The summed E-state index contributed by atoms with van der Waals surface area (Å²) in [5.74, 6) is -1.29. The standard InChI is InChI=1S/C20H14Cl2FNO3.C9H8BrFO2/c1-2-26-20(25)12-6-8-16(23)14(10-12)17-4-3-5-19(24-17)27-18-9-7-13(21)11-15(18)22;1-2-13-9(12)6-3-4-8(11)7(10)5-6/h3-11H,2H2,1H3;3-5H,2H2,1H3. The lowest BCUT2D eigenvalue weighted by Gasteiger charge is -2.10. The molecule has 0 unspecified atom stereocenters. The molecule has 1 aromatic heterocycles. The summed E-state index contributed by atoms with van der Waals surface area (Å²) in [5, 5.41) is 0.803. The average molecular weight is 653 g/mol. The molecule has 0 aliphatic rings. The van der Waals surface area contributed by atoms with Gasteiger partial charge in [0.1, 0.15) is 17.4 Å². The molecule has 1 heterocycles. The van der Waals surface area contributed by atoms with E-state index < -0.39 is 23.6 Å². The van der Waals surface area contributed by atoms with Gasteiger partial charge < -0.3 is 14.2 Å². The van der Waals surface area contributed by atoms with Crippen LogP contribution in [0, 0.1) is 11.6 Å². The van der Waals surface area contributed by atoms with E-state index in [4.69, 9.17) is 37.4 Å². The van der Waals surface area contributed by atoms with Crippen LogP contribution in [-0.4, -0.2) is 30.1 Å². The zero-order chi connectivity index (χ0) is 29.2. The molecule has 0 N–H and O–H groups in total. The molecule has 4 aromatic rings. The second-order valence-corrected chi connectivity index (χ2v) is 9.50. The summed E-state index contributed by atoms with van der Waals surface area (Å²) in [4.78, 5) is 27.3. The first-order valence-electron chi connectivity index (χ1n) is 11.8. The molecule has 0 spiro atoms. The average Bonchev–Trinajstić information content (AvgIpc) is 2.93. The molecular weight excluding hydrogens is 631 g/mol. The van der Waals surface area contributed by atoms with Crippen LogP contribution >= 0.6 is 39.1 Å². The van der Waals surface area contributed by atoms with Gasteiger partial charge in [0, 0.05) is 16.7 Å².